The average molecular weight is 379 g/mol. The van der Waals surface area contributed by atoms with Crippen molar-refractivity contribution in [1.29, 1.82) is 0 Å². The quantitative estimate of drug-likeness (QED) is 0.763. The number of ether oxygens (including phenoxy) is 2. The topological polar surface area (TPSA) is 71.0 Å². The first kappa shape index (κ1) is 21.5. The van der Waals surface area contributed by atoms with Gasteiger partial charge in [-0.3, -0.25) is 0 Å². The lowest BCUT2D eigenvalue weighted by Crippen LogP contribution is -2.42. The Morgan fingerprint density at radius 3 is 2.63 bits per heavy atom. The molecule has 0 spiro atoms. The van der Waals surface area contributed by atoms with Crippen molar-refractivity contribution in [2.75, 3.05) is 39.9 Å². The fourth-order valence-electron chi connectivity index (χ4n) is 3.46. The van der Waals surface area contributed by atoms with Gasteiger partial charge in [-0.05, 0) is 63.8 Å². The highest BCUT2D eigenvalue weighted by Gasteiger charge is 2.24. The van der Waals surface area contributed by atoms with Crippen LogP contribution in [0.2, 0.25) is 0 Å². The summed E-state index contributed by atoms with van der Waals surface area (Å²) in [5.74, 6) is 1.30. The summed E-state index contributed by atoms with van der Waals surface area (Å²) in [5.41, 5.74) is 0.638. The Hall–Kier alpha value is -1.79. The number of aliphatic hydroxyl groups is 1. The molecule has 0 bridgehead atoms. The van der Waals surface area contributed by atoms with Gasteiger partial charge in [-0.15, -0.1) is 0 Å². The normalized spacial score (nSPS) is 19.4. The average Bonchev–Trinajstić information content (AvgIpc) is 2.64. The van der Waals surface area contributed by atoms with E-state index in [9.17, 15) is 9.90 Å². The molecule has 6 nitrogen and oxygen atoms in total. The van der Waals surface area contributed by atoms with Gasteiger partial charge in [-0.1, -0.05) is 12.1 Å². The largest absolute Gasteiger partial charge is 0.497 e. The molecule has 1 fully saturated rings. The van der Waals surface area contributed by atoms with Crippen LogP contribution in [0.25, 0.3) is 0 Å². The number of likely N-dealkylation sites (tertiary alicyclic amines) is 1. The Morgan fingerprint density at radius 1 is 1.33 bits per heavy atom. The summed E-state index contributed by atoms with van der Waals surface area (Å²) < 4.78 is 10.6. The zero-order valence-corrected chi connectivity index (χ0v) is 17.0. The fraction of sp³-hybridized carbons (Fsp3) is 0.667. The number of carbonyl (C=O) groups is 1. The van der Waals surface area contributed by atoms with Crippen molar-refractivity contribution < 1.29 is 19.4 Å². The molecule has 27 heavy (non-hydrogen) atoms. The maximum Gasteiger partial charge on any atom is 0.407 e. The monoisotopic (exact) mass is 378 g/mol. The second kappa shape index (κ2) is 9.95. The lowest BCUT2D eigenvalue weighted by atomic mass is 9.94. The van der Waals surface area contributed by atoms with Crippen LogP contribution in [0, 0.1) is 5.92 Å². The summed E-state index contributed by atoms with van der Waals surface area (Å²) in [4.78, 5) is 14.5. The number of nitrogens with one attached hydrogen (secondary N) is 1. The molecular formula is C21H34N2O4. The first-order chi connectivity index (χ1) is 12.8. The number of hydrogen-bond donors (Lipinski definition) is 2. The maximum atomic E-state index is 12.1. The molecule has 6 heteroatoms. The molecule has 2 atom stereocenters. The number of carbonyl (C=O) groups excluding carboxylic acids is 1. The Kier molecular flexibility index (Phi) is 7.92. The van der Waals surface area contributed by atoms with E-state index in [1.54, 1.807) is 7.11 Å². The number of aliphatic hydroxyl groups excluding tert-OH is 1. The van der Waals surface area contributed by atoms with Crippen molar-refractivity contribution in [3.05, 3.63) is 29.8 Å². The van der Waals surface area contributed by atoms with Crippen LogP contribution in [-0.2, 0) is 4.74 Å². The Morgan fingerprint density at radius 2 is 2.04 bits per heavy atom. The van der Waals surface area contributed by atoms with Gasteiger partial charge >= 0.3 is 6.09 Å². The van der Waals surface area contributed by atoms with E-state index in [0.29, 0.717) is 12.5 Å². The van der Waals surface area contributed by atoms with Crippen LogP contribution in [0.4, 0.5) is 4.79 Å². The maximum absolute atomic E-state index is 12.1. The number of hydrogen-bond acceptors (Lipinski definition) is 5. The number of rotatable bonds is 7. The van der Waals surface area contributed by atoms with E-state index in [1.807, 2.05) is 45.0 Å². The summed E-state index contributed by atoms with van der Waals surface area (Å²) in [7, 11) is 1.65. The number of piperidine rings is 1. The zero-order chi connectivity index (χ0) is 19.9. The van der Waals surface area contributed by atoms with Gasteiger partial charge < -0.3 is 24.8 Å². The predicted octanol–water partition coefficient (Wildman–Crippen LogP) is 3.01. The van der Waals surface area contributed by atoms with Crippen molar-refractivity contribution in [2.45, 2.75) is 45.1 Å². The minimum Gasteiger partial charge on any atom is -0.497 e. The summed E-state index contributed by atoms with van der Waals surface area (Å²) in [6.45, 7) is 9.06. The van der Waals surface area contributed by atoms with Crippen LogP contribution < -0.4 is 10.1 Å². The van der Waals surface area contributed by atoms with E-state index >= 15 is 0 Å². The molecule has 0 aliphatic carbocycles. The van der Waals surface area contributed by atoms with Crippen molar-refractivity contribution in [2.24, 2.45) is 5.92 Å². The number of amides is 1. The molecule has 0 radical (unpaired) electrons. The molecule has 2 unspecified atom stereocenters. The van der Waals surface area contributed by atoms with Gasteiger partial charge in [-0.2, -0.15) is 0 Å². The molecule has 2 rings (SSSR count). The lowest BCUT2D eigenvalue weighted by molar-refractivity contribution is 0.0519. The molecule has 1 aliphatic rings. The molecule has 1 heterocycles. The molecular weight excluding hydrogens is 344 g/mol. The summed E-state index contributed by atoms with van der Waals surface area (Å²) in [5, 5.41) is 12.4. The molecule has 2 N–H and O–H groups in total. The standard InChI is InChI=1S/C21H34N2O4/c1-21(2,3)27-20(25)22-12-18(17-7-9-19(26-4)10-8-17)14-23-11-5-6-16(13-23)15-24/h7-10,16,18,24H,5-6,11-15H2,1-4H3,(H,22,25). The van der Waals surface area contributed by atoms with Gasteiger partial charge in [0.1, 0.15) is 11.4 Å². The minimum atomic E-state index is -0.513. The van der Waals surface area contributed by atoms with Gasteiger partial charge in [0, 0.05) is 32.2 Å². The van der Waals surface area contributed by atoms with Crippen LogP contribution >= 0.6 is 0 Å². The number of methoxy groups -OCH3 is 1. The Balaban J connectivity index is 2.04. The number of benzene rings is 1. The van der Waals surface area contributed by atoms with Crippen LogP contribution in [0.15, 0.2) is 24.3 Å². The third-order valence-electron chi connectivity index (χ3n) is 4.82. The molecule has 1 aromatic carbocycles. The molecule has 152 valence electrons. The van der Waals surface area contributed by atoms with Crippen molar-refractivity contribution in [1.82, 2.24) is 10.2 Å². The third kappa shape index (κ3) is 7.39. The minimum absolute atomic E-state index is 0.140. The first-order valence-corrected chi connectivity index (χ1v) is 9.74. The molecule has 0 saturated carbocycles. The van der Waals surface area contributed by atoms with E-state index in [1.165, 1.54) is 0 Å². The van der Waals surface area contributed by atoms with Crippen LogP contribution in [0.1, 0.15) is 45.1 Å². The molecule has 0 aromatic heterocycles. The van der Waals surface area contributed by atoms with Gasteiger partial charge in [0.25, 0.3) is 0 Å². The molecule has 1 aromatic rings. The van der Waals surface area contributed by atoms with Gasteiger partial charge in [0.15, 0.2) is 0 Å². The molecule has 1 aliphatic heterocycles. The number of nitrogens with zero attached hydrogens (tertiary/aromatic N) is 1. The van der Waals surface area contributed by atoms with Crippen molar-refractivity contribution in [3.63, 3.8) is 0 Å². The highest BCUT2D eigenvalue weighted by atomic mass is 16.6. The SMILES string of the molecule is COc1ccc(C(CNC(=O)OC(C)(C)C)CN2CCCC(CO)C2)cc1. The van der Waals surface area contributed by atoms with Gasteiger partial charge in [0.05, 0.1) is 7.11 Å². The Labute approximate surface area is 162 Å². The fourth-order valence-corrected chi connectivity index (χ4v) is 3.46. The lowest BCUT2D eigenvalue weighted by Gasteiger charge is -2.34. The zero-order valence-electron chi connectivity index (χ0n) is 17.0. The summed E-state index contributed by atoms with van der Waals surface area (Å²) in [6, 6.07) is 7.99. The van der Waals surface area contributed by atoms with E-state index < -0.39 is 11.7 Å². The van der Waals surface area contributed by atoms with E-state index in [0.717, 1.165) is 43.8 Å². The van der Waals surface area contributed by atoms with Crippen LogP contribution in [-0.4, -0.2) is 61.6 Å². The first-order valence-electron chi connectivity index (χ1n) is 9.74. The Bertz CT molecular complexity index is 583. The highest BCUT2D eigenvalue weighted by molar-refractivity contribution is 5.67. The van der Waals surface area contributed by atoms with Crippen LogP contribution in [0.5, 0.6) is 5.75 Å². The molecule has 1 amide bonds. The summed E-state index contributed by atoms with van der Waals surface area (Å²) >= 11 is 0. The predicted molar refractivity (Wildman–Crippen MR) is 106 cm³/mol. The van der Waals surface area contributed by atoms with E-state index in [-0.39, 0.29) is 12.5 Å². The van der Waals surface area contributed by atoms with Crippen molar-refractivity contribution in [3.8, 4) is 5.75 Å². The third-order valence-corrected chi connectivity index (χ3v) is 4.82. The van der Waals surface area contributed by atoms with Gasteiger partial charge in [0.2, 0.25) is 0 Å². The second-order valence-electron chi connectivity index (χ2n) is 8.30. The molecule has 1 saturated heterocycles. The summed E-state index contributed by atoms with van der Waals surface area (Å²) in [6.07, 6.45) is 1.78. The smallest absolute Gasteiger partial charge is 0.407 e. The van der Waals surface area contributed by atoms with Crippen molar-refractivity contribution >= 4 is 6.09 Å². The second-order valence-corrected chi connectivity index (χ2v) is 8.30. The van der Waals surface area contributed by atoms with Crippen LogP contribution in [0.3, 0.4) is 0 Å². The highest BCUT2D eigenvalue weighted by Crippen LogP contribution is 2.23. The van der Waals surface area contributed by atoms with E-state index in [4.69, 9.17) is 9.47 Å². The van der Waals surface area contributed by atoms with E-state index in [2.05, 4.69) is 10.2 Å². The van der Waals surface area contributed by atoms with Gasteiger partial charge in [-0.25, -0.2) is 4.79 Å². The number of alkyl carbamates (subject to hydrolysis) is 1.